The van der Waals surface area contributed by atoms with Crippen LogP contribution in [-0.2, 0) is 35.2 Å². The van der Waals surface area contributed by atoms with Crippen molar-refractivity contribution in [3.8, 4) is 56.3 Å². The summed E-state index contributed by atoms with van der Waals surface area (Å²) in [5, 5.41) is 0. The molecule has 10 aromatic rings. The second-order valence-corrected chi connectivity index (χ2v) is 22.7. The van der Waals surface area contributed by atoms with Gasteiger partial charge in [0.05, 0.1) is 0 Å². The van der Waals surface area contributed by atoms with Gasteiger partial charge in [-0.2, -0.15) is 22.8 Å². The maximum atomic E-state index is 8.30. The Balaban J connectivity index is 0.000000194. The van der Waals surface area contributed by atoms with Crippen LogP contribution in [0.25, 0.3) is 56.3 Å². The van der Waals surface area contributed by atoms with Crippen LogP contribution in [0.4, 0.5) is 0 Å². The van der Waals surface area contributed by atoms with Crippen molar-refractivity contribution >= 4 is 0 Å². The van der Waals surface area contributed by atoms with Gasteiger partial charge in [-0.1, -0.05) is 105 Å². The Hall–Kier alpha value is -8.15. The standard InChI is InChI=1S/2C17H22N.C16H20N.2C15H18N/c1-11-9-7-8-10-16(11)17-14(4)12(2)13(3)15(5)18(17)6;1-12(2)15-10-11-17(18(5)14(15)4)16-9-7-6-8-13(16)3;1-11-8-6-7-9-15(11)16-10-12(2)13(3)14(4)17(16)5;1-11-9-13(3)16(4)15(10-11)14-8-6-5-7-12(14)2;1-11-9-10-15(16(4)13(11)3)14-8-6-5-7-12(14)2/h7-10H,1-6H3;6-12H,1-5H3;6-10H,1-5H3;2*5-10H,1-4H3/q5*+1/i3D3;1D3,12D;3D3;;1D3. The highest BCUT2D eigenvalue weighted by molar-refractivity contribution is 5.67. The van der Waals surface area contributed by atoms with Crippen LogP contribution in [0, 0.1) is 117 Å². The normalized spacial score (nSPS) is 14.2. The molecule has 0 fully saturated rings. The van der Waals surface area contributed by atoms with E-state index in [0.717, 1.165) is 90.1 Å². The minimum absolute atomic E-state index is 0.410. The highest BCUT2D eigenvalue weighted by atomic mass is 15.0. The molecule has 0 N–H and O–H groups in total. The van der Waals surface area contributed by atoms with Gasteiger partial charge in [-0.3, -0.25) is 0 Å². The van der Waals surface area contributed by atoms with Crippen molar-refractivity contribution in [1.82, 2.24) is 0 Å². The van der Waals surface area contributed by atoms with Gasteiger partial charge >= 0.3 is 0 Å². The Morgan fingerprint density at radius 2 is 0.718 bits per heavy atom. The first-order valence-corrected chi connectivity index (χ1v) is 29.2. The molecule has 440 valence electrons. The summed E-state index contributed by atoms with van der Waals surface area (Å²) in [6.07, 6.45) is 0. The lowest BCUT2D eigenvalue weighted by Crippen LogP contribution is -2.37. The monoisotopic (exact) mass is 1140 g/mol. The van der Waals surface area contributed by atoms with Crippen LogP contribution in [0.15, 0.2) is 164 Å². The fourth-order valence-electron chi connectivity index (χ4n) is 10.8. The summed E-state index contributed by atoms with van der Waals surface area (Å²) < 4.78 is 110. The zero-order valence-electron chi connectivity index (χ0n) is 67.3. The number of hydrogen-bond donors (Lipinski definition) is 0. The van der Waals surface area contributed by atoms with E-state index >= 15 is 0 Å². The summed E-state index contributed by atoms with van der Waals surface area (Å²) in [5.74, 6) is -1.63. The Bertz CT molecular complexity index is 4500. The summed E-state index contributed by atoms with van der Waals surface area (Å²) in [6.45, 7) is 20.8. The Labute approximate surface area is 532 Å². The molecule has 0 aliphatic heterocycles. The van der Waals surface area contributed by atoms with Gasteiger partial charge in [0, 0.05) is 138 Å². The number of pyridine rings is 5. The van der Waals surface area contributed by atoms with Crippen molar-refractivity contribution < 1.29 is 40.7 Å². The average molecular weight is 1140 g/mol. The molecule has 0 saturated carbocycles. The van der Waals surface area contributed by atoms with Crippen molar-refractivity contribution in [1.29, 1.82) is 0 Å². The van der Waals surface area contributed by atoms with Crippen LogP contribution >= 0.6 is 0 Å². The van der Waals surface area contributed by atoms with E-state index < -0.39 is 33.3 Å². The summed E-state index contributed by atoms with van der Waals surface area (Å²) in [5.41, 5.74) is 27.7. The molecule has 5 heteroatoms. The van der Waals surface area contributed by atoms with E-state index in [-0.39, 0.29) is 0 Å². The number of hydrogen-bond acceptors (Lipinski definition) is 0. The summed E-state index contributed by atoms with van der Waals surface area (Å²) >= 11 is 0. The minimum Gasteiger partial charge on any atom is -0.199 e. The lowest BCUT2D eigenvalue weighted by Gasteiger charge is -2.13. The van der Waals surface area contributed by atoms with E-state index in [4.69, 9.17) is 17.8 Å². The predicted molar refractivity (Wildman–Crippen MR) is 360 cm³/mol. The second kappa shape index (κ2) is 29.1. The van der Waals surface area contributed by atoms with Crippen molar-refractivity contribution in [2.75, 3.05) is 0 Å². The molecule has 1 unspecified atom stereocenters. The van der Waals surface area contributed by atoms with Gasteiger partial charge in [0.15, 0.2) is 28.5 Å². The van der Waals surface area contributed by atoms with Crippen molar-refractivity contribution in [2.24, 2.45) is 35.2 Å². The molecule has 5 aromatic heterocycles. The number of benzene rings is 5. The fourth-order valence-corrected chi connectivity index (χ4v) is 10.8. The molecular formula is C80H100N5+5. The Morgan fingerprint density at radius 3 is 1.16 bits per heavy atom. The molecule has 0 amide bonds. The predicted octanol–water partition coefficient (Wildman–Crippen LogP) is 17.3. The van der Waals surface area contributed by atoms with E-state index in [2.05, 4.69) is 139 Å². The fraction of sp³-hybridized carbons (Fsp3) is 0.312. The summed E-state index contributed by atoms with van der Waals surface area (Å²) in [4.78, 5) is 0. The van der Waals surface area contributed by atoms with Crippen LogP contribution in [0.2, 0.25) is 0 Å². The highest BCUT2D eigenvalue weighted by Gasteiger charge is 2.24. The lowest BCUT2D eigenvalue weighted by molar-refractivity contribution is -0.667. The average Bonchev–Trinajstić information content (AvgIpc) is 0.775. The number of aryl methyl sites for hydroxylation is 9. The van der Waals surface area contributed by atoms with Crippen LogP contribution in [-0.4, -0.2) is 0 Å². The van der Waals surface area contributed by atoms with Gasteiger partial charge in [0.2, 0.25) is 28.5 Å². The van der Waals surface area contributed by atoms with Gasteiger partial charge in [-0.25, -0.2) is 0 Å². The van der Waals surface area contributed by atoms with Crippen molar-refractivity contribution in [3.63, 3.8) is 0 Å². The number of aromatic nitrogens is 5. The number of nitrogens with zero attached hydrogens (tertiary/aromatic N) is 5. The lowest BCUT2D eigenvalue weighted by atomic mass is 9.95. The van der Waals surface area contributed by atoms with E-state index in [1.54, 1.807) is 12.1 Å². The number of rotatable bonds is 6. The zero-order valence-corrected chi connectivity index (χ0v) is 54.3. The molecule has 0 aliphatic rings. The molecule has 0 aliphatic carbocycles. The van der Waals surface area contributed by atoms with E-state index in [1.165, 1.54) is 51.7 Å². The first-order valence-electron chi connectivity index (χ1n) is 35.7. The third-order valence-corrected chi connectivity index (χ3v) is 17.0. The van der Waals surface area contributed by atoms with E-state index in [1.807, 2.05) is 168 Å². The molecule has 5 aromatic carbocycles. The smallest absolute Gasteiger partial charge is 0.199 e. The van der Waals surface area contributed by atoms with Gasteiger partial charge in [0.25, 0.3) is 0 Å². The van der Waals surface area contributed by atoms with Gasteiger partial charge in [0.1, 0.15) is 35.2 Å². The molecule has 0 spiro atoms. The van der Waals surface area contributed by atoms with Crippen LogP contribution in [0.1, 0.15) is 138 Å². The Morgan fingerprint density at radius 1 is 0.318 bits per heavy atom. The minimum atomic E-state index is -2.37. The maximum Gasteiger partial charge on any atom is 0.215 e. The molecule has 85 heavy (non-hydrogen) atoms. The first kappa shape index (κ1) is 49.1. The molecule has 10 rings (SSSR count). The van der Waals surface area contributed by atoms with Crippen LogP contribution < -0.4 is 22.8 Å². The highest BCUT2D eigenvalue weighted by Crippen LogP contribution is 2.29. The maximum absolute atomic E-state index is 8.30. The molecule has 0 radical (unpaired) electrons. The van der Waals surface area contributed by atoms with Gasteiger partial charge in [-0.05, 0) is 176 Å². The van der Waals surface area contributed by atoms with Gasteiger partial charge in [-0.15, -0.1) is 0 Å². The van der Waals surface area contributed by atoms with Crippen molar-refractivity contribution in [2.45, 2.75) is 137 Å². The van der Waals surface area contributed by atoms with E-state index in [0.29, 0.717) is 22.3 Å². The molecular weight excluding hydrogens is 1030 g/mol. The van der Waals surface area contributed by atoms with Crippen molar-refractivity contribution in [3.05, 3.63) is 265 Å². The summed E-state index contributed by atoms with van der Waals surface area (Å²) in [6, 6.07) is 54.8. The zero-order chi connectivity index (χ0) is 73.6. The first-order chi connectivity index (χ1) is 45.4. The molecule has 0 bridgehead atoms. The molecule has 1 atom stereocenters. The third-order valence-electron chi connectivity index (χ3n) is 17.0. The molecule has 0 saturated heterocycles. The van der Waals surface area contributed by atoms with Crippen LogP contribution in [0.5, 0.6) is 0 Å². The van der Waals surface area contributed by atoms with Crippen LogP contribution in [0.3, 0.4) is 0 Å². The third kappa shape index (κ3) is 15.2. The molecule has 5 heterocycles. The largest absolute Gasteiger partial charge is 0.215 e. The van der Waals surface area contributed by atoms with Gasteiger partial charge < -0.3 is 0 Å². The molecule has 5 nitrogen and oxygen atoms in total. The van der Waals surface area contributed by atoms with E-state index in [9.17, 15) is 0 Å². The quantitative estimate of drug-likeness (QED) is 0.148. The second-order valence-electron chi connectivity index (χ2n) is 22.7. The Kier molecular flexibility index (Phi) is 16.8. The summed E-state index contributed by atoms with van der Waals surface area (Å²) in [7, 11) is 9.81. The SMILES string of the molecule is Cc1cc(C)[n+](C)c(-c2ccccc2C)c1.[2H]C([2H])([2H])C([2H])(C)c1ccc(-c2ccccc2C)[n+](C)c1C.[2H]C([2H])([2H])c1c(C)c(C)c(-c2ccccc2C)[n+](C)c1C.[2H]C([2H])([2H])c1c(C)cc(-c2ccccc2C)[n+](C)c1C.[2H]C([2H])([2H])c1ccc(-c2ccccc2C)[n+](C)c1C. The topological polar surface area (TPSA) is 19.4 Å².